The van der Waals surface area contributed by atoms with Crippen molar-refractivity contribution in [1.29, 1.82) is 0 Å². The molecule has 0 heterocycles. The van der Waals surface area contributed by atoms with E-state index in [4.69, 9.17) is 11.6 Å². The normalized spacial score (nSPS) is 11.4. The van der Waals surface area contributed by atoms with Gasteiger partial charge in [0.25, 0.3) is 11.6 Å². The molecular formula is C28H22ClN3O4S. The first-order chi connectivity index (χ1) is 17.8. The Morgan fingerprint density at radius 3 is 2.14 bits per heavy atom. The van der Waals surface area contributed by atoms with Crippen molar-refractivity contribution in [3.63, 3.8) is 0 Å². The lowest BCUT2D eigenvalue weighted by molar-refractivity contribution is -0.384. The third kappa shape index (κ3) is 6.75. The molecule has 2 amide bonds. The van der Waals surface area contributed by atoms with Crippen molar-refractivity contribution < 1.29 is 14.5 Å². The number of hydrogen-bond donors (Lipinski definition) is 2. The van der Waals surface area contributed by atoms with Crippen LogP contribution in [0.15, 0.2) is 102 Å². The van der Waals surface area contributed by atoms with Crippen LogP contribution in [0.2, 0.25) is 5.02 Å². The second-order valence-electron chi connectivity index (χ2n) is 8.14. The van der Waals surface area contributed by atoms with Gasteiger partial charge in [0.1, 0.15) is 5.25 Å². The minimum absolute atomic E-state index is 0.0830. The Morgan fingerprint density at radius 1 is 0.865 bits per heavy atom. The third-order valence-electron chi connectivity index (χ3n) is 5.49. The number of thioether (sulfide) groups is 1. The number of nitrogens with one attached hydrogen (secondary N) is 2. The first-order valence-corrected chi connectivity index (χ1v) is 12.5. The Balaban J connectivity index is 1.47. The maximum absolute atomic E-state index is 13.3. The molecule has 0 aliphatic carbocycles. The van der Waals surface area contributed by atoms with E-state index in [0.717, 1.165) is 16.0 Å². The maximum atomic E-state index is 13.3. The van der Waals surface area contributed by atoms with Gasteiger partial charge in [-0.3, -0.25) is 19.7 Å². The number of non-ortho nitro benzene ring substituents is 1. The average Bonchev–Trinajstić information content (AvgIpc) is 2.90. The van der Waals surface area contributed by atoms with Gasteiger partial charge in [-0.1, -0.05) is 48.0 Å². The van der Waals surface area contributed by atoms with Crippen LogP contribution in [-0.4, -0.2) is 16.7 Å². The molecule has 0 aliphatic rings. The molecule has 0 aliphatic heterocycles. The molecule has 1 atom stereocenters. The maximum Gasteiger partial charge on any atom is 0.269 e. The minimum Gasteiger partial charge on any atom is -0.325 e. The zero-order chi connectivity index (χ0) is 26.4. The molecule has 1 unspecified atom stereocenters. The largest absolute Gasteiger partial charge is 0.325 e. The van der Waals surface area contributed by atoms with E-state index >= 15 is 0 Å². The quantitative estimate of drug-likeness (QED) is 0.141. The van der Waals surface area contributed by atoms with Crippen molar-refractivity contribution in [2.75, 3.05) is 10.6 Å². The van der Waals surface area contributed by atoms with Crippen molar-refractivity contribution in [3.05, 3.63) is 129 Å². The van der Waals surface area contributed by atoms with E-state index in [2.05, 4.69) is 10.6 Å². The number of rotatable bonds is 8. The topological polar surface area (TPSA) is 101 Å². The van der Waals surface area contributed by atoms with Crippen molar-refractivity contribution in [1.82, 2.24) is 0 Å². The van der Waals surface area contributed by atoms with Gasteiger partial charge < -0.3 is 10.6 Å². The molecule has 186 valence electrons. The lowest BCUT2D eigenvalue weighted by atomic mass is 10.1. The predicted molar refractivity (Wildman–Crippen MR) is 147 cm³/mol. The van der Waals surface area contributed by atoms with Crippen LogP contribution in [0.5, 0.6) is 0 Å². The summed E-state index contributed by atoms with van der Waals surface area (Å²) in [5, 5.41) is 16.6. The molecule has 2 N–H and O–H groups in total. The predicted octanol–water partition coefficient (Wildman–Crippen LogP) is 7.28. The van der Waals surface area contributed by atoms with Crippen LogP contribution in [0, 0.1) is 17.0 Å². The van der Waals surface area contributed by atoms with Crippen LogP contribution in [-0.2, 0) is 4.79 Å². The number of benzene rings is 4. The molecule has 7 nitrogen and oxygen atoms in total. The second-order valence-corrected chi connectivity index (χ2v) is 9.73. The van der Waals surface area contributed by atoms with Gasteiger partial charge in [-0.15, -0.1) is 11.8 Å². The van der Waals surface area contributed by atoms with E-state index in [1.54, 1.807) is 18.2 Å². The van der Waals surface area contributed by atoms with Gasteiger partial charge >= 0.3 is 0 Å². The lowest BCUT2D eigenvalue weighted by Gasteiger charge is -2.18. The van der Waals surface area contributed by atoms with Gasteiger partial charge in [-0.25, -0.2) is 0 Å². The highest BCUT2D eigenvalue weighted by Crippen LogP contribution is 2.37. The lowest BCUT2D eigenvalue weighted by Crippen LogP contribution is -2.19. The first-order valence-electron chi connectivity index (χ1n) is 11.2. The van der Waals surface area contributed by atoms with E-state index in [1.165, 1.54) is 36.0 Å². The highest BCUT2D eigenvalue weighted by atomic mass is 35.5. The van der Waals surface area contributed by atoms with Crippen LogP contribution in [0.3, 0.4) is 0 Å². The molecule has 0 aromatic heterocycles. The average molecular weight is 532 g/mol. The molecular weight excluding hydrogens is 510 g/mol. The number of amides is 2. The number of hydrogen-bond acceptors (Lipinski definition) is 5. The highest BCUT2D eigenvalue weighted by molar-refractivity contribution is 8.00. The molecule has 0 bridgehead atoms. The first kappa shape index (κ1) is 25.9. The fourth-order valence-corrected chi connectivity index (χ4v) is 4.67. The summed E-state index contributed by atoms with van der Waals surface area (Å²) in [6, 6.07) is 27.4. The summed E-state index contributed by atoms with van der Waals surface area (Å²) in [4.78, 5) is 36.9. The van der Waals surface area contributed by atoms with Crippen LogP contribution in [0.1, 0.15) is 26.7 Å². The van der Waals surface area contributed by atoms with Crippen molar-refractivity contribution in [2.24, 2.45) is 0 Å². The summed E-state index contributed by atoms with van der Waals surface area (Å²) >= 11 is 7.60. The number of nitro benzene ring substituents is 1. The summed E-state index contributed by atoms with van der Waals surface area (Å²) < 4.78 is 0. The fourth-order valence-electron chi connectivity index (χ4n) is 3.47. The number of nitrogens with zero attached hydrogens (tertiary/aromatic N) is 1. The standard InChI is InChI=1S/C28H22ClN3O4S/c1-18-7-10-22(17-25(18)29)31-28(34)26(19-5-3-2-4-6-19)37-24-15-11-21(12-16-24)30-27(33)20-8-13-23(14-9-20)32(35)36/h2-17,26H,1H3,(H,30,33)(H,31,34). The molecule has 4 aromatic carbocycles. The number of anilines is 2. The van der Waals surface area contributed by atoms with Gasteiger partial charge in [0.15, 0.2) is 0 Å². The highest BCUT2D eigenvalue weighted by Gasteiger charge is 2.22. The molecule has 4 aromatic rings. The molecule has 0 saturated heterocycles. The van der Waals surface area contributed by atoms with Crippen LogP contribution < -0.4 is 10.6 Å². The van der Waals surface area contributed by atoms with Crippen molar-refractivity contribution >= 4 is 52.2 Å². The second kappa shape index (κ2) is 11.7. The number of halogens is 1. The fraction of sp³-hybridized carbons (Fsp3) is 0.0714. The Hall–Kier alpha value is -4.14. The number of carbonyl (C=O) groups is 2. The zero-order valence-electron chi connectivity index (χ0n) is 19.7. The number of carbonyl (C=O) groups excluding carboxylic acids is 2. The van der Waals surface area contributed by atoms with E-state index in [1.807, 2.05) is 61.5 Å². The minimum atomic E-state index is -0.526. The van der Waals surface area contributed by atoms with Crippen molar-refractivity contribution in [2.45, 2.75) is 17.1 Å². The monoisotopic (exact) mass is 531 g/mol. The smallest absolute Gasteiger partial charge is 0.269 e. The third-order valence-corrected chi connectivity index (χ3v) is 7.16. The van der Waals surface area contributed by atoms with E-state index in [-0.39, 0.29) is 17.5 Å². The van der Waals surface area contributed by atoms with Gasteiger partial charge in [0, 0.05) is 39.0 Å². The summed E-state index contributed by atoms with van der Waals surface area (Å²) in [6.45, 7) is 1.90. The van der Waals surface area contributed by atoms with Gasteiger partial charge in [-0.2, -0.15) is 0 Å². The Kier molecular flexibility index (Phi) is 8.22. The molecule has 37 heavy (non-hydrogen) atoms. The molecule has 0 spiro atoms. The summed E-state index contributed by atoms with van der Waals surface area (Å²) in [5.74, 6) is -0.569. The molecule has 0 saturated carbocycles. The van der Waals surface area contributed by atoms with Gasteiger partial charge in [0.2, 0.25) is 5.91 Å². The van der Waals surface area contributed by atoms with Crippen LogP contribution in [0.4, 0.5) is 17.1 Å². The Bertz CT molecular complexity index is 1430. The number of nitro groups is 1. The zero-order valence-corrected chi connectivity index (χ0v) is 21.3. The molecule has 9 heteroatoms. The molecule has 0 radical (unpaired) electrons. The van der Waals surface area contributed by atoms with Gasteiger partial charge in [-0.05, 0) is 66.6 Å². The Morgan fingerprint density at radius 2 is 1.51 bits per heavy atom. The van der Waals surface area contributed by atoms with Gasteiger partial charge in [0.05, 0.1) is 4.92 Å². The molecule has 4 rings (SSSR count). The van der Waals surface area contributed by atoms with E-state index < -0.39 is 10.2 Å². The van der Waals surface area contributed by atoms with E-state index in [9.17, 15) is 19.7 Å². The van der Waals surface area contributed by atoms with E-state index in [0.29, 0.717) is 22.0 Å². The van der Waals surface area contributed by atoms with Crippen LogP contribution in [0.25, 0.3) is 0 Å². The summed E-state index contributed by atoms with van der Waals surface area (Å²) in [5.41, 5.74) is 3.17. The summed E-state index contributed by atoms with van der Waals surface area (Å²) in [6.07, 6.45) is 0. The SMILES string of the molecule is Cc1ccc(NC(=O)C(Sc2ccc(NC(=O)c3ccc([N+](=O)[O-])cc3)cc2)c2ccccc2)cc1Cl. The Labute approximate surface area is 223 Å². The number of aryl methyl sites for hydroxylation is 1. The molecule has 0 fully saturated rings. The summed E-state index contributed by atoms with van der Waals surface area (Å²) in [7, 11) is 0. The van der Waals surface area contributed by atoms with Crippen LogP contribution >= 0.6 is 23.4 Å². The van der Waals surface area contributed by atoms with Crippen molar-refractivity contribution in [3.8, 4) is 0 Å².